The molecule has 0 fully saturated rings. The Labute approximate surface area is 81.4 Å². The number of halogens is 1. The Morgan fingerprint density at radius 1 is 1.50 bits per heavy atom. The van der Waals surface area contributed by atoms with Crippen LogP contribution in [0.3, 0.4) is 0 Å². The van der Waals surface area contributed by atoms with Gasteiger partial charge in [-0.15, -0.1) is 0 Å². The molecule has 4 nitrogen and oxygen atoms in total. The first-order valence-electron chi connectivity index (χ1n) is 4.19. The number of anilines is 1. The highest BCUT2D eigenvalue weighted by molar-refractivity contribution is 5.94. The van der Waals surface area contributed by atoms with Crippen molar-refractivity contribution in [1.29, 1.82) is 0 Å². The molecule has 0 heterocycles. The highest BCUT2D eigenvalue weighted by Gasteiger charge is 2.08. The number of hydrogen-bond donors (Lipinski definition) is 2. The summed E-state index contributed by atoms with van der Waals surface area (Å²) < 4.78 is 12.6. The van der Waals surface area contributed by atoms with Crippen molar-refractivity contribution in [2.75, 3.05) is 11.4 Å². The Balaban J connectivity index is 2.95. The normalized spacial score (nSPS) is 11.4. The van der Waals surface area contributed by atoms with Gasteiger partial charge in [0.2, 0.25) is 5.96 Å². The largest absolute Gasteiger partial charge is 0.408 e. The number of benzene rings is 1. The van der Waals surface area contributed by atoms with Crippen molar-refractivity contribution < 1.29 is 9.60 Å². The number of hydrogen-bond acceptors (Lipinski definition) is 2. The maximum absolute atomic E-state index is 12.6. The van der Waals surface area contributed by atoms with Gasteiger partial charge in [-0.3, -0.25) is 0 Å². The van der Waals surface area contributed by atoms with E-state index in [1.807, 2.05) is 6.92 Å². The van der Waals surface area contributed by atoms with E-state index >= 15 is 0 Å². The van der Waals surface area contributed by atoms with Crippen LogP contribution in [0.15, 0.2) is 29.4 Å². The Hall–Kier alpha value is -1.78. The van der Waals surface area contributed by atoms with Crippen LogP contribution in [0.5, 0.6) is 0 Å². The molecule has 0 saturated heterocycles. The third kappa shape index (κ3) is 2.12. The molecule has 3 N–H and O–H groups in total. The van der Waals surface area contributed by atoms with Crippen molar-refractivity contribution in [3.8, 4) is 0 Å². The van der Waals surface area contributed by atoms with E-state index in [1.54, 1.807) is 17.0 Å². The Kier molecular flexibility index (Phi) is 3.28. The second-order valence-electron chi connectivity index (χ2n) is 2.68. The molecule has 0 aromatic heterocycles. The summed E-state index contributed by atoms with van der Waals surface area (Å²) in [4.78, 5) is 1.56. The number of nitrogens with two attached hydrogens (primary N) is 1. The number of rotatable bonds is 2. The third-order valence-electron chi connectivity index (χ3n) is 1.83. The fourth-order valence-corrected chi connectivity index (χ4v) is 1.15. The van der Waals surface area contributed by atoms with Crippen LogP contribution in [0.1, 0.15) is 6.92 Å². The standard InChI is InChI=1S/C9H12FN3O/c1-2-13(9(11)12-14)8-5-3-7(10)4-6-8/h3-6,14H,2H2,1H3,(H2,11,12). The fraction of sp³-hybridized carbons (Fsp3) is 0.222. The van der Waals surface area contributed by atoms with Gasteiger partial charge < -0.3 is 15.8 Å². The average molecular weight is 197 g/mol. The van der Waals surface area contributed by atoms with E-state index in [1.165, 1.54) is 12.1 Å². The molecule has 1 aromatic carbocycles. The summed E-state index contributed by atoms with van der Waals surface area (Å²) in [6.45, 7) is 2.39. The molecule has 1 aromatic rings. The van der Waals surface area contributed by atoms with E-state index in [9.17, 15) is 4.39 Å². The van der Waals surface area contributed by atoms with Gasteiger partial charge >= 0.3 is 0 Å². The van der Waals surface area contributed by atoms with E-state index in [4.69, 9.17) is 10.9 Å². The van der Waals surface area contributed by atoms with Crippen LogP contribution in [-0.2, 0) is 0 Å². The van der Waals surface area contributed by atoms with Crippen LogP contribution in [0.4, 0.5) is 10.1 Å². The molecule has 14 heavy (non-hydrogen) atoms. The summed E-state index contributed by atoms with van der Waals surface area (Å²) >= 11 is 0. The van der Waals surface area contributed by atoms with Crippen molar-refractivity contribution in [3.63, 3.8) is 0 Å². The van der Waals surface area contributed by atoms with Gasteiger partial charge in [0, 0.05) is 12.2 Å². The minimum absolute atomic E-state index is 0.0147. The molecule has 0 aliphatic carbocycles. The highest BCUT2D eigenvalue weighted by atomic mass is 19.1. The maximum atomic E-state index is 12.6. The second-order valence-corrected chi connectivity index (χ2v) is 2.68. The minimum atomic E-state index is -0.315. The van der Waals surface area contributed by atoms with Gasteiger partial charge in [0.05, 0.1) is 0 Å². The summed E-state index contributed by atoms with van der Waals surface area (Å²) in [6.07, 6.45) is 0. The number of guanidine groups is 1. The van der Waals surface area contributed by atoms with Crippen LogP contribution in [-0.4, -0.2) is 17.7 Å². The molecule has 0 radical (unpaired) electrons. The first kappa shape index (κ1) is 10.3. The van der Waals surface area contributed by atoms with E-state index in [-0.39, 0.29) is 11.8 Å². The monoisotopic (exact) mass is 197 g/mol. The van der Waals surface area contributed by atoms with Gasteiger partial charge in [-0.25, -0.2) is 4.39 Å². The molecule has 0 unspecified atom stereocenters. The van der Waals surface area contributed by atoms with Crippen molar-refractivity contribution >= 4 is 11.6 Å². The molecular formula is C9H12FN3O. The SMILES string of the molecule is CCN(C(N)=NO)c1ccc(F)cc1. The Bertz CT molecular complexity index is 323. The van der Waals surface area contributed by atoms with Crippen molar-refractivity contribution in [2.24, 2.45) is 10.9 Å². The smallest absolute Gasteiger partial charge is 0.237 e. The lowest BCUT2D eigenvalue weighted by atomic mass is 10.3. The molecule has 1 rings (SSSR count). The average Bonchev–Trinajstić information content (AvgIpc) is 2.21. The van der Waals surface area contributed by atoms with E-state index in [2.05, 4.69) is 5.16 Å². The van der Waals surface area contributed by atoms with E-state index < -0.39 is 0 Å². The molecule has 0 aliphatic heterocycles. The van der Waals surface area contributed by atoms with Gasteiger partial charge in [-0.2, -0.15) is 0 Å². The molecule has 0 bridgehead atoms. The highest BCUT2D eigenvalue weighted by Crippen LogP contribution is 2.13. The number of nitrogens with zero attached hydrogens (tertiary/aromatic N) is 2. The third-order valence-corrected chi connectivity index (χ3v) is 1.83. The van der Waals surface area contributed by atoms with Crippen LogP contribution < -0.4 is 10.6 Å². The Morgan fingerprint density at radius 2 is 2.07 bits per heavy atom. The van der Waals surface area contributed by atoms with Crippen LogP contribution in [0.2, 0.25) is 0 Å². The lowest BCUT2D eigenvalue weighted by molar-refractivity contribution is 0.317. The molecule has 5 heteroatoms. The predicted octanol–water partition coefficient (Wildman–Crippen LogP) is 1.36. The molecule has 0 amide bonds. The van der Waals surface area contributed by atoms with Gasteiger partial charge in [0.1, 0.15) is 5.82 Å². The lowest BCUT2D eigenvalue weighted by Crippen LogP contribution is -2.37. The summed E-state index contributed by atoms with van der Waals surface area (Å²) in [5.74, 6) is -0.330. The lowest BCUT2D eigenvalue weighted by Gasteiger charge is -2.20. The summed E-state index contributed by atoms with van der Waals surface area (Å²) in [5.41, 5.74) is 6.11. The minimum Gasteiger partial charge on any atom is -0.408 e. The first-order valence-corrected chi connectivity index (χ1v) is 4.19. The summed E-state index contributed by atoms with van der Waals surface area (Å²) in [7, 11) is 0. The van der Waals surface area contributed by atoms with Gasteiger partial charge in [-0.05, 0) is 31.2 Å². The Morgan fingerprint density at radius 3 is 2.50 bits per heavy atom. The molecular weight excluding hydrogens is 185 g/mol. The molecule has 0 saturated carbocycles. The second kappa shape index (κ2) is 4.45. The maximum Gasteiger partial charge on any atom is 0.237 e. The first-order chi connectivity index (χ1) is 6.69. The van der Waals surface area contributed by atoms with E-state index in [0.717, 1.165) is 0 Å². The quantitative estimate of drug-likeness (QED) is 0.325. The van der Waals surface area contributed by atoms with Crippen molar-refractivity contribution in [3.05, 3.63) is 30.1 Å². The van der Waals surface area contributed by atoms with Crippen molar-refractivity contribution in [1.82, 2.24) is 0 Å². The fourth-order valence-electron chi connectivity index (χ4n) is 1.15. The predicted molar refractivity (Wildman–Crippen MR) is 52.8 cm³/mol. The molecule has 0 spiro atoms. The number of oxime groups is 1. The van der Waals surface area contributed by atoms with Crippen molar-refractivity contribution in [2.45, 2.75) is 6.92 Å². The zero-order chi connectivity index (χ0) is 10.6. The van der Waals surface area contributed by atoms with Crippen LogP contribution >= 0.6 is 0 Å². The van der Waals surface area contributed by atoms with Gasteiger partial charge in [0.25, 0.3) is 0 Å². The van der Waals surface area contributed by atoms with Crippen LogP contribution in [0, 0.1) is 5.82 Å². The van der Waals surface area contributed by atoms with Crippen LogP contribution in [0.25, 0.3) is 0 Å². The zero-order valence-corrected chi connectivity index (χ0v) is 7.81. The van der Waals surface area contributed by atoms with Gasteiger partial charge in [-0.1, -0.05) is 5.16 Å². The molecule has 76 valence electrons. The van der Waals surface area contributed by atoms with Gasteiger partial charge in [0.15, 0.2) is 0 Å². The zero-order valence-electron chi connectivity index (χ0n) is 7.81. The topological polar surface area (TPSA) is 61.8 Å². The molecule has 0 aliphatic rings. The van der Waals surface area contributed by atoms with E-state index in [0.29, 0.717) is 12.2 Å². The summed E-state index contributed by atoms with van der Waals surface area (Å²) in [6, 6.07) is 5.78. The summed E-state index contributed by atoms with van der Waals surface area (Å²) in [5, 5.41) is 11.4. The molecule has 0 atom stereocenters.